The monoisotopic (exact) mass is 392 g/mol. The average molecular weight is 392 g/mol. The molecule has 1 aromatic carbocycles. The highest BCUT2D eigenvalue weighted by atomic mass is 15.1. The van der Waals surface area contributed by atoms with E-state index >= 15 is 0 Å². The molecule has 0 aliphatic carbocycles. The van der Waals surface area contributed by atoms with E-state index in [0.717, 1.165) is 24.9 Å². The van der Waals surface area contributed by atoms with Crippen molar-refractivity contribution in [3.8, 4) is 95.0 Å². The fraction of sp³-hybridized carbons (Fsp3) is 0.133. The summed E-state index contributed by atoms with van der Waals surface area (Å²) in [6.07, 6.45) is 5.80. The van der Waals surface area contributed by atoms with Crippen LogP contribution >= 0.6 is 0 Å². The minimum atomic E-state index is 0.613. The van der Waals surface area contributed by atoms with Gasteiger partial charge in [-0.05, 0) is 18.4 Å². The predicted octanol–water partition coefficient (Wildman–Crippen LogP) is 2.47. The molecule has 1 rings (SSSR count). The molecule has 0 unspecified atom stereocenters. The fourth-order valence-electron chi connectivity index (χ4n) is 1.99. The van der Waals surface area contributed by atoms with Crippen molar-refractivity contribution < 1.29 is 4.90 Å². The van der Waals surface area contributed by atoms with Crippen LogP contribution in [0, 0.1) is 108 Å². The molecule has 0 atom stereocenters. The van der Waals surface area contributed by atoms with E-state index in [-0.39, 0.29) is 0 Å². The Hall–Kier alpha value is -5.04. The first-order valence-electron chi connectivity index (χ1n) is 9.38. The second-order valence-corrected chi connectivity index (χ2v) is 5.55. The van der Waals surface area contributed by atoms with Crippen molar-refractivity contribution in [2.24, 2.45) is 0 Å². The molecular weight excluding hydrogens is 374 g/mol. The van der Waals surface area contributed by atoms with E-state index in [1.807, 2.05) is 12.1 Å². The predicted molar refractivity (Wildman–Crippen MR) is 126 cm³/mol. The van der Waals surface area contributed by atoms with Gasteiger partial charge in [-0.1, -0.05) is 25.5 Å². The van der Waals surface area contributed by atoms with Crippen LogP contribution in [0.1, 0.15) is 25.3 Å². The maximum absolute atomic E-state index is 5.13. The summed E-state index contributed by atoms with van der Waals surface area (Å²) in [4.78, 5) is 0.613. The lowest BCUT2D eigenvalue weighted by Gasteiger charge is -2.03. The topological polar surface area (TPSA) is 4.44 Å². The van der Waals surface area contributed by atoms with Crippen molar-refractivity contribution in [1.82, 2.24) is 0 Å². The highest BCUT2D eigenvalue weighted by Gasteiger charge is 2.07. The lowest BCUT2D eigenvalue weighted by molar-refractivity contribution is -0.673. The van der Waals surface area contributed by atoms with Crippen LogP contribution in [0.3, 0.4) is 0 Å². The zero-order chi connectivity index (χ0) is 22.4. The van der Waals surface area contributed by atoms with Gasteiger partial charge in [0.1, 0.15) is 11.8 Å². The molecule has 0 saturated heterocycles. The molecule has 0 aliphatic heterocycles. The molecule has 140 valence electrons. The number of hydrogen-bond acceptors (Lipinski definition) is 0. The fourth-order valence-corrected chi connectivity index (χ4v) is 1.99. The van der Waals surface area contributed by atoms with Crippen LogP contribution in [0.15, 0.2) is 36.4 Å². The standard InChI is InChI=1S/C30H17N/c1-4-7-10-12-14-16-18-20-27-31(28-21-19-17-15-13-11-8-5-2)30-25-23-29(24-26-30)22-9-6-3/h1-2,4-5,23-26H,6,9,22H2,3H3/q+2/p+1. The molecule has 0 aromatic heterocycles. The molecule has 0 aliphatic rings. The van der Waals surface area contributed by atoms with E-state index in [1.54, 1.807) is 0 Å². The first kappa shape index (κ1) is 24.0. The molecule has 0 bridgehead atoms. The van der Waals surface area contributed by atoms with E-state index in [2.05, 4.69) is 114 Å². The molecule has 1 aromatic rings. The SMILES string of the molecule is [CH+]=CC#CC#CC#CC#C[NH+](C#CC#CC#CC#CC=[CH+])c1ccc(CCCC)cc1. The number of aryl methyl sites for hydroxylation is 1. The summed E-state index contributed by atoms with van der Waals surface area (Å²) < 4.78 is 0. The van der Waals surface area contributed by atoms with E-state index in [9.17, 15) is 0 Å². The molecule has 31 heavy (non-hydrogen) atoms. The van der Waals surface area contributed by atoms with Crippen LogP contribution in [0.2, 0.25) is 0 Å². The lowest BCUT2D eigenvalue weighted by atomic mass is 10.1. The number of benzene rings is 1. The van der Waals surface area contributed by atoms with E-state index < -0.39 is 0 Å². The molecule has 1 heteroatoms. The second-order valence-electron chi connectivity index (χ2n) is 5.55. The maximum Gasteiger partial charge on any atom is 0.222 e. The van der Waals surface area contributed by atoms with Crippen molar-refractivity contribution in [3.63, 3.8) is 0 Å². The van der Waals surface area contributed by atoms with Gasteiger partial charge in [0.2, 0.25) is 12.2 Å². The quantitative estimate of drug-likeness (QED) is 0.593. The molecule has 0 radical (unpaired) electrons. The first-order chi connectivity index (χ1) is 15.3. The molecule has 0 amide bonds. The highest BCUT2D eigenvalue weighted by Crippen LogP contribution is 2.08. The van der Waals surface area contributed by atoms with Crippen LogP contribution in [0.25, 0.3) is 0 Å². The number of rotatable bonds is 4. The number of hydrogen-bond donors (Lipinski definition) is 1. The summed E-state index contributed by atoms with van der Waals surface area (Å²) in [6.45, 7) is 12.4. The minimum absolute atomic E-state index is 0.613. The highest BCUT2D eigenvalue weighted by molar-refractivity contribution is 5.43. The van der Waals surface area contributed by atoms with Crippen LogP contribution in [0.5, 0.6) is 0 Å². The van der Waals surface area contributed by atoms with Gasteiger partial charge < -0.3 is 0 Å². The van der Waals surface area contributed by atoms with Gasteiger partial charge in [-0.25, -0.2) is 0 Å². The lowest BCUT2D eigenvalue weighted by Crippen LogP contribution is -2.98. The maximum atomic E-state index is 5.13. The summed E-state index contributed by atoms with van der Waals surface area (Å²) in [7, 11) is 0. The van der Waals surface area contributed by atoms with Gasteiger partial charge in [0, 0.05) is 59.5 Å². The smallest absolute Gasteiger partial charge is 0.148 e. The summed E-state index contributed by atoms with van der Waals surface area (Å²) in [5.41, 5.74) is 2.18. The molecular formula is C30H18N+3. The second kappa shape index (κ2) is 17.1. The van der Waals surface area contributed by atoms with Crippen molar-refractivity contribution in [3.05, 3.63) is 55.1 Å². The van der Waals surface area contributed by atoms with Gasteiger partial charge in [-0.15, -0.1) is 4.90 Å². The Morgan fingerprint density at radius 3 is 1.58 bits per heavy atom. The summed E-state index contributed by atoms with van der Waals surface area (Å²) >= 11 is 0. The Kier molecular flexibility index (Phi) is 13.2. The van der Waals surface area contributed by atoms with E-state index in [4.69, 9.17) is 13.2 Å². The summed E-state index contributed by atoms with van der Waals surface area (Å²) in [5.74, 6) is 36.4. The molecule has 1 N–H and O–H groups in total. The Morgan fingerprint density at radius 1 is 0.677 bits per heavy atom. The molecule has 0 fully saturated rings. The van der Waals surface area contributed by atoms with Gasteiger partial charge in [0.25, 0.3) is 0 Å². The van der Waals surface area contributed by atoms with Gasteiger partial charge >= 0.3 is 0 Å². The van der Waals surface area contributed by atoms with Gasteiger partial charge in [-0.2, -0.15) is 0 Å². The van der Waals surface area contributed by atoms with Crippen LogP contribution in [-0.2, 0) is 6.42 Å². The van der Waals surface area contributed by atoms with Crippen molar-refractivity contribution in [2.75, 3.05) is 0 Å². The van der Waals surface area contributed by atoms with Gasteiger partial charge in [0.15, 0.2) is 29.6 Å². The Morgan fingerprint density at radius 2 is 1.13 bits per heavy atom. The Labute approximate surface area is 187 Å². The molecule has 0 spiro atoms. The van der Waals surface area contributed by atoms with E-state index in [0.29, 0.717) is 4.90 Å². The molecule has 0 saturated carbocycles. The third-order valence-corrected chi connectivity index (χ3v) is 3.37. The summed E-state index contributed by atoms with van der Waals surface area (Å²) in [5, 5.41) is 0. The zero-order valence-electron chi connectivity index (χ0n) is 17.2. The normalized spacial score (nSPS) is 7.84. The largest absolute Gasteiger partial charge is 0.222 e. The number of unbranched alkanes of at least 4 members (excludes halogenated alkanes) is 1. The molecule has 1 nitrogen and oxygen atoms in total. The van der Waals surface area contributed by atoms with Gasteiger partial charge in [0.05, 0.1) is 25.0 Å². The zero-order valence-corrected chi connectivity index (χ0v) is 17.2. The van der Waals surface area contributed by atoms with Crippen molar-refractivity contribution in [2.45, 2.75) is 26.2 Å². The van der Waals surface area contributed by atoms with Crippen LogP contribution < -0.4 is 4.90 Å². The van der Waals surface area contributed by atoms with Crippen molar-refractivity contribution >= 4 is 5.69 Å². The Bertz CT molecular complexity index is 1200. The number of nitrogens with one attached hydrogen (secondary N) is 1. The summed E-state index contributed by atoms with van der Waals surface area (Å²) in [6, 6.07) is 14.1. The van der Waals surface area contributed by atoms with E-state index in [1.165, 1.54) is 17.7 Å². The third kappa shape index (κ3) is 12.1. The number of quaternary nitrogens is 1. The minimum Gasteiger partial charge on any atom is -0.148 e. The first-order valence-corrected chi connectivity index (χ1v) is 9.38. The third-order valence-electron chi connectivity index (χ3n) is 3.37. The average Bonchev–Trinajstić information content (AvgIpc) is 2.80. The van der Waals surface area contributed by atoms with Gasteiger partial charge in [-0.3, -0.25) is 0 Å². The van der Waals surface area contributed by atoms with Crippen molar-refractivity contribution in [1.29, 1.82) is 0 Å². The number of allylic oxidation sites excluding steroid dienone is 2. The molecule has 0 heterocycles. The van der Waals surface area contributed by atoms with Crippen LogP contribution in [0.4, 0.5) is 5.69 Å². The van der Waals surface area contributed by atoms with Crippen LogP contribution in [-0.4, -0.2) is 0 Å². The Balaban J connectivity index is 3.05.